The number of benzene rings is 6. The Kier molecular flexibility index (Phi) is 7.96. The molecule has 4 aromatic heterocycles. The van der Waals surface area contributed by atoms with E-state index in [1.165, 1.54) is 60.8 Å². The topological polar surface area (TPSA) is 52.4 Å². The minimum absolute atomic E-state index is 0.0802. The molecule has 10 aromatic rings. The van der Waals surface area contributed by atoms with Gasteiger partial charge in [-0.15, -0.1) is 0 Å². The van der Waals surface area contributed by atoms with Crippen molar-refractivity contribution in [2.75, 3.05) is 0 Å². The van der Waals surface area contributed by atoms with Crippen LogP contribution in [0.4, 0.5) is 0 Å². The van der Waals surface area contributed by atoms with Gasteiger partial charge >= 0.3 is 0 Å². The van der Waals surface area contributed by atoms with Crippen LogP contribution in [0.1, 0.15) is 49.2 Å². The summed E-state index contributed by atoms with van der Waals surface area (Å²) in [7, 11) is 0. The molecular formula is C53H45N6+. The average Bonchev–Trinajstić information content (AvgIpc) is 3.76. The second kappa shape index (κ2) is 13.3. The normalized spacial score (nSPS) is 13.4. The van der Waals surface area contributed by atoms with Gasteiger partial charge in [0.05, 0.1) is 27.6 Å². The Morgan fingerprint density at radius 3 is 1.90 bits per heavy atom. The van der Waals surface area contributed by atoms with Gasteiger partial charge in [-0.1, -0.05) is 79.6 Å². The Labute approximate surface area is 344 Å². The van der Waals surface area contributed by atoms with Crippen LogP contribution in [0, 0.1) is 20.8 Å². The van der Waals surface area contributed by atoms with E-state index in [1.54, 1.807) is 0 Å². The molecule has 6 nitrogen and oxygen atoms in total. The molecule has 6 heteroatoms. The Bertz CT molecular complexity index is 3290. The third kappa shape index (κ3) is 5.46. The third-order valence-corrected chi connectivity index (χ3v) is 13.0. The SMILES string of the molecule is CCC1(CC)Cc2ccc(-n3c4ccc(C)cc4c4cc5c6cc(-c7nc(C)nc(-c8ccccc8)n7)ccc6n(-c6ccc(C)cc6)c5cc43)cc2-c2cccc[n+]21. The smallest absolute Gasteiger partial charge is 0.213 e. The van der Waals surface area contributed by atoms with E-state index in [0.717, 1.165) is 52.5 Å². The maximum atomic E-state index is 5.00. The highest BCUT2D eigenvalue weighted by Gasteiger charge is 2.43. The van der Waals surface area contributed by atoms with Crippen molar-refractivity contribution in [3.05, 3.63) is 168 Å². The summed E-state index contributed by atoms with van der Waals surface area (Å²) in [6.45, 7) is 10.9. The summed E-state index contributed by atoms with van der Waals surface area (Å²) < 4.78 is 7.45. The number of rotatable bonds is 6. The Balaban J connectivity index is 1.18. The number of hydrogen-bond donors (Lipinski definition) is 0. The first-order valence-corrected chi connectivity index (χ1v) is 20.9. The lowest BCUT2D eigenvalue weighted by molar-refractivity contribution is -0.758. The molecule has 0 amide bonds. The molecular weight excluding hydrogens is 721 g/mol. The predicted molar refractivity (Wildman–Crippen MR) is 241 cm³/mol. The fourth-order valence-electron chi connectivity index (χ4n) is 9.81. The summed E-state index contributed by atoms with van der Waals surface area (Å²) >= 11 is 0. The Morgan fingerprint density at radius 2 is 1.15 bits per heavy atom. The van der Waals surface area contributed by atoms with Crippen molar-refractivity contribution in [1.82, 2.24) is 24.1 Å². The van der Waals surface area contributed by atoms with Crippen molar-refractivity contribution < 1.29 is 4.57 Å². The average molecular weight is 766 g/mol. The highest BCUT2D eigenvalue weighted by molar-refractivity contribution is 6.19. The molecule has 0 aliphatic carbocycles. The van der Waals surface area contributed by atoms with E-state index in [9.17, 15) is 0 Å². The van der Waals surface area contributed by atoms with Crippen LogP contribution < -0.4 is 4.57 Å². The number of aryl methyl sites for hydroxylation is 3. The lowest BCUT2D eigenvalue weighted by Crippen LogP contribution is -2.60. The molecule has 0 spiro atoms. The zero-order valence-corrected chi connectivity index (χ0v) is 34.2. The Morgan fingerprint density at radius 1 is 0.525 bits per heavy atom. The van der Waals surface area contributed by atoms with Gasteiger partial charge in [0, 0.05) is 75.4 Å². The van der Waals surface area contributed by atoms with Gasteiger partial charge < -0.3 is 9.13 Å². The fraction of sp³-hybridized carbons (Fsp3) is 0.170. The van der Waals surface area contributed by atoms with Gasteiger partial charge in [0.15, 0.2) is 23.4 Å². The van der Waals surface area contributed by atoms with E-state index < -0.39 is 0 Å². The molecule has 0 atom stereocenters. The van der Waals surface area contributed by atoms with Crippen LogP contribution in [-0.2, 0) is 12.0 Å². The van der Waals surface area contributed by atoms with E-state index in [-0.39, 0.29) is 5.54 Å². The van der Waals surface area contributed by atoms with Crippen molar-refractivity contribution in [1.29, 1.82) is 0 Å². The van der Waals surface area contributed by atoms with Gasteiger partial charge in [-0.05, 0) is 99.1 Å². The number of hydrogen-bond acceptors (Lipinski definition) is 3. The van der Waals surface area contributed by atoms with Crippen molar-refractivity contribution in [3.63, 3.8) is 0 Å². The highest BCUT2D eigenvalue weighted by atomic mass is 15.1. The first-order valence-electron chi connectivity index (χ1n) is 20.9. The molecule has 59 heavy (non-hydrogen) atoms. The summed E-state index contributed by atoms with van der Waals surface area (Å²) in [5, 5.41) is 4.83. The first-order chi connectivity index (χ1) is 28.8. The van der Waals surface area contributed by atoms with Crippen LogP contribution in [-0.4, -0.2) is 24.1 Å². The minimum Gasteiger partial charge on any atom is -0.309 e. The summed E-state index contributed by atoms with van der Waals surface area (Å²) in [4.78, 5) is 14.6. The van der Waals surface area contributed by atoms with Crippen molar-refractivity contribution >= 4 is 43.6 Å². The fourth-order valence-corrected chi connectivity index (χ4v) is 9.81. The van der Waals surface area contributed by atoms with Crippen LogP contribution in [0.2, 0.25) is 0 Å². The van der Waals surface area contributed by atoms with E-state index in [4.69, 9.17) is 15.0 Å². The van der Waals surface area contributed by atoms with Gasteiger partial charge in [0.1, 0.15) is 5.82 Å². The summed E-state index contributed by atoms with van der Waals surface area (Å²) in [5.74, 6) is 2.05. The highest BCUT2D eigenvalue weighted by Crippen LogP contribution is 2.43. The lowest BCUT2D eigenvalue weighted by atomic mass is 9.79. The van der Waals surface area contributed by atoms with Gasteiger partial charge in [-0.25, -0.2) is 15.0 Å². The van der Waals surface area contributed by atoms with Crippen molar-refractivity contribution in [2.24, 2.45) is 0 Å². The molecule has 0 fully saturated rings. The molecule has 1 aliphatic heterocycles. The molecule has 6 aromatic carbocycles. The van der Waals surface area contributed by atoms with Gasteiger partial charge in [-0.3, -0.25) is 0 Å². The summed E-state index contributed by atoms with van der Waals surface area (Å²) in [5.41, 5.74) is 15.5. The van der Waals surface area contributed by atoms with E-state index in [1.807, 2.05) is 37.3 Å². The molecule has 0 saturated heterocycles. The lowest BCUT2D eigenvalue weighted by Gasteiger charge is -2.33. The van der Waals surface area contributed by atoms with Crippen molar-refractivity contribution in [2.45, 2.75) is 59.4 Å². The minimum atomic E-state index is 0.0802. The summed E-state index contributed by atoms with van der Waals surface area (Å²) in [6.07, 6.45) is 5.50. The van der Waals surface area contributed by atoms with Gasteiger partial charge in [-0.2, -0.15) is 4.57 Å². The van der Waals surface area contributed by atoms with Gasteiger partial charge in [0.25, 0.3) is 0 Å². The summed E-state index contributed by atoms with van der Waals surface area (Å²) in [6, 6.07) is 51.3. The van der Waals surface area contributed by atoms with Crippen LogP contribution in [0.3, 0.4) is 0 Å². The predicted octanol–water partition coefficient (Wildman–Crippen LogP) is 12.4. The molecule has 5 heterocycles. The third-order valence-electron chi connectivity index (χ3n) is 13.0. The maximum absolute atomic E-state index is 5.00. The number of nitrogens with zero attached hydrogens (tertiary/aromatic N) is 6. The van der Waals surface area contributed by atoms with E-state index in [2.05, 4.69) is 157 Å². The van der Waals surface area contributed by atoms with Crippen LogP contribution in [0.25, 0.3) is 89.0 Å². The zero-order chi connectivity index (χ0) is 40.0. The largest absolute Gasteiger partial charge is 0.309 e. The van der Waals surface area contributed by atoms with Crippen LogP contribution >= 0.6 is 0 Å². The second-order valence-corrected chi connectivity index (χ2v) is 16.4. The molecule has 0 bridgehead atoms. The van der Waals surface area contributed by atoms with Crippen LogP contribution in [0.15, 0.2) is 146 Å². The molecule has 0 radical (unpaired) electrons. The quantitative estimate of drug-likeness (QED) is 0.158. The number of fused-ring (bicyclic) bond motifs is 9. The molecule has 286 valence electrons. The van der Waals surface area contributed by atoms with E-state index >= 15 is 0 Å². The maximum Gasteiger partial charge on any atom is 0.213 e. The molecule has 0 saturated carbocycles. The zero-order valence-electron chi connectivity index (χ0n) is 34.2. The molecule has 0 unspecified atom stereocenters. The molecule has 11 rings (SSSR count). The molecule has 0 N–H and O–H groups in total. The number of pyridine rings is 1. The number of aromatic nitrogens is 6. The molecule has 1 aliphatic rings. The van der Waals surface area contributed by atoms with E-state index in [0.29, 0.717) is 17.5 Å². The standard InChI is InChI=1S/C53H45N6/c1-6-53(7-2)32-38-19-23-40(29-41(38)46-15-11-12-26-57(46)53)59-47-24-18-34(4)27-42(47)44-30-45-43-28-37(52-55-35(5)54-51(56-52)36-13-9-8-10-14-36)20-25-48(43)58(49(45)31-50(44)59)39-21-16-33(3)17-22-39/h8-31H,6-7,32H2,1-5H3/q+1. The first kappa shape index (κ1) is 35.3. The van der Waals surface area contributed by atoms with Crippen molar-refractivity contribution in [3.8, 4) is 45.4 Å². The van der Waals surface area contributed by atoms with Crippen LogP contribution in [0.5, 0.6) is 0 Å². The second-order valence-electron chi connectivity index (χ2n) is 16.4. The monoisotopic (exact) mass is 765 g/mol. The Hall–Kier alpha value is -6.92. The van der Waals surface area contributed by atoms with Gasteiger partial charge in [0.2, 0.25) is 5.69 Å².